The fourth-order valence-electron chi connectivity index (χ4n) is 2.92. The van der Waals surface area contributed by atoms with Crippen LogP contribution in [0.25, 0.3) is 27.9 Å². The molecule has 7 heteroatoms. The zero-order valence-electron chi connectivity index (χ0n) is 13.6. The first-order valence-electron chi connectivity index (χ1n) is 7.83. The monoisotopic (exact) mass is 365 g/mol. The molecule has 0 saturated carbocycles. The molecule has 4 aromatic rings. The van der Waals surface area contributed by atoms with Crippen LogP contribution in [-0.4, -0.2) is 23.1 Å². The molecule has 0 unspecified atom stereocenters. The summed E-state index contributed by atoms with van der Waals surface area (Å²) < 4.78 is 24.8. The summed E-state index contributed by atoms with van der Waals surface area (Å²) in [5, 5.41) is 19.4. The first kappa shape index (κ1) is 16.3. The Labute approximate surface area is 150 Å². The number of rotatable bonds is 3. The van der Waals surface area contributed by atoms with Crippen LogP contribution in [-0.2, 0) is 10.0 Å². The average molecular weight is 365 g/mol. The molecule has 26 heavy (non-hydrogen) atoms. The topological polar surface area (TPSA) is 97.7 Å². The predicted octanol–water partition coefficient (Wildman–Crippen LogP) is 3.02. The van der Waals surface area contributed by atoms with Gasteiger partial charge in [-0.3, -0.25) is 0 Å². The second-order valence-corrected chi connectivity index (χ2v) is 7.43. The fraction of sp³-hybridized carbons (Fsp3) is 0. The molecule has 3 N–H and O–H groups in total. The first-order chi connectivity index (χ1) is 12.4. The van der Waals surface area contributed by atoms with Crippen LogP contribution in [0.1, 0.15) is 0 Å². The molecular formula is C19H15N3O3S. The Kier molecular flexibility index (Phi) is 3.75. The highest BCUT2D eigenvalue weighted by Gasteiger charge is 2.17. The van der Waals surface area contributed by atoms with Crippen LogP contribution >= 0.6 is 0 Å². The van der Waals surface area contributed by atoms with Crippen molar-refractivity contribution in [2.45, 2.75) is 4.90 Å². The molecule has 2 heterocycles. The number of phenols is 1. The van der Waals surface area contributed by atoms with Gasteiger partial charge in [-0.2, -0.15) is 5.10 Å². The third-order valence-electron chi connectivity index (χ3n) is 4.15. The number of pyridine rings is 1. The second kappa shape index (κ2) is 5.98. The van der Waals surface area contributed by atoms with Gasteiger partial charge in [-0.1, -0.05) is 18.2 Å². The number of phenolic OH excluding ortho intramolecular Hbond substituents is 1. The number of hydrogen-bond acceptors (Lipinski definition) is 4. The largest absolute Gasteiger partial charge is 0.508 e. The van der Waals surface area contributed by atoms with Gasteiger partial charge < -0.3 is 5.11 Å². The second-order valence-electron chi connectivity index (χ2n) is 5.87. The van der Waals surface area contributed by atoms with Gasteiger partial charge in [0.25, 0.3) is 0 Å². The van der Waals surface area contributed by atoms with E-state index >= 15 is 0 Å². The van der Waals surface area contributed by atoms with Crippen LogP contribution in [0.5, 0.6) is 5.75 Å². The summed E-state index contributed by atoms with van der Waals surface area (Å²) in [7, 11) is -3.75. The summed E-state index contributed by atoms with van der Waals surface area (Å²) >= 11 is 0. The zero-order chi connectivity index (χ0) is 18.3. The van der Waals surface area contributed by atoms with E-state index in [1.54, 1.807) is 40.9 Å². The Hall–Kier alpha value is -3.16. The lowest BCUT2D eigenvalue weighted by Crippen LogP contribution is -2.11. The van der Waals surface area contributed by atoms with Crippen molar-refractivity contribution in [3.63, 3.8) is 0 Å². The van der Waals surface area contributed by atoms with E-state index in [0.29, 0.717) is 0 Å². The lowest BCUT2D eigenvalue weighted by atomic mass is 10.00. The summed E-state index contributed by atoms with van der Waals surface area (Å²) in [5.41, 5.74) is 4.16. The Morgan fingerprint density at radius 3 is 2.19 bits per heavy atom. The van der Waals surface area contributed by atoms with Gasteiger partial charge in [0.2, 0.25) is 10.0 Å². The van der Waals surface area contributed by atoms with Crippen molar-refractivity contribution >= 4 is 15.5 Å². The van der Waals surface area contributed by atoms with Crippen molar-refractivity contribution < 1.29 is 13.5 Å². The van der Waals surface area contributed by atoms with Gasteiger partial charge >= 0.3 is 0 Å². The number of aromatic nitrogens is 2. The first-order valence-corrected chi connectivity index (χ1v) is 9.38. The smallest absolute Gasteiger partial charge is 0.238 e. The fourth-order valence-corrected chi connectivity index (χ4v) is 3.43. The summed E-state index contributed by atoms with van der Waals surface area (Å²) in [6.07, 6.45) is 1.85. The van der Waals surface area contributed by atoms with Gasteiger partial charge in [0, 0.05) is 17.3 Å². The minimum absolute atomic E-state index is 0.0592. The molecule has 0 saturated heterocycles. The maximum Gasteiger partial charge on any atom is 0.238 e. The Morgan fingerprint density at radius 2 is 1.54 bits per heavy atom. The van der Waals surface area contributed by atoms with Crippen LogP contribution in [0.4, 0.5) is 0 Å². The molecule has 2 aromatic carbocycles. The summed E-state index contributed by atoms with van der Waals surface area (Å²) in [5.74, 6) is 0.177. The molecule has 0 aliphatic carbocycles. The third-order valence-corrected chi connectivity index (χ3v) is 5.08. The van der Waals surface area contributed by atoms with Gasteiger partial charge in [0.15, 0.2) is 0 Å². The van der Waals surface area contributed by atoms with Gasteiger partial charge in [-0.15, -0.1) is 0 Å². The van der Waals surface area contributed by atoms with Crippen molar-refractivity contribution in [1.29, 1.82) is 0 Å². The molecule has 0 spiro atoms. The van der Waals surface area contributed by atoms with E-state index in [1.807, 2.05) is 24.4 Å². The number of nitrogens with two attached hydrogens (primary N) is 1. The number of benzene rings is 2. The van der Waals surface area contributed by atoms with Gasteiger partial charge in [-0.05, 0) is 54.1 Å². The van der Waals surface area contributed by atoms with Crippen LogP contribution in [0.2, 0.25) is 0 Å². The van der Waals surface area contributed by atoms with Crippen molar-refractivity contribution in [1.82, 2.24) is 9.61 Å². The summed E-state index contributed by atoms with van der Waals surface area (Å²) in [6.45, 7) is 0. The number of primary sulfonamides is 1. The lowest BCUT2D eigenvalue weighted by molar-refractivity contribution is 0.475. The van der Waals surface area contributed by atoms with E-state index in [0.717, 1.165) is 27.9 Å². The van der Waals surface area contributed by atoms with Crippen LogP contribution < -0.4 is 5.14 Å². The van der Waals surface area contributed by atoms with E-state index in [2.05, 4.69) is 5.10 Å². The van der Waals surface area contributed by atoms with Crippen molar-refractivity contribution in [3.05, 3.63) is 72.9 Å². The highest BCUT2D eigenvalue weighted by atomic mass is 32.2. The SMILES string of the molecule is NS(=O)(=O)c1ccc(-c2c(-c3ccc(O)cc3)nn3ccccc23)cc1. The Bertz CT molecular complexity index is 1200. The van der Waals surface area contributed by atoms with Crippen molar-refractivity contribution in [3.8, 4) is 28.1 Å². The van der Waals surface area contributed by atoms with E-state index in [-0.39, 0.29) is 10.6 Å². The molecule has 0 radical (unpaired) electrons. The predicted molar refractivity (Wildman–Crippen MR) is 99.1 cm³/mol. The lowest BCUT2D eigenvalue weighted by Gasteiger charge is -2.05. The summed E-state index contributed by atoms with van der Waals surface area (Å²) in [4.78, 5) is 0.0592. The highest BCUT2D eigenvalue weighted by molar-refractivity contribution is 7.89. The van der Waals surface area contributed by atoms with Gasteiger partial charge in [0.1, 0.15) is 11.4 Å². The Morgan fingerprint density at radius 1 is 0.885 bits per heavy atom. The molecule has 6 nitrogen and oxygen atoms in total. The molecule has 0 atom stereocenters. The molecule has 2 aromatic heterocycles. The molecule has 130 valence electrons. The van der Waals surface area contributed by atoms with Gasteiger partial charge in [0.05, 0.1) is 10.4 Å². The third kappa shape index (κ3) is 2.83. The number of hydrogen-bond donors (Lipinski definition) is 2. The van der Waals surface area contributed by atoms with E-state index in [1.165, 1.54) is 12.1 Å². The van der Waals surface area contributed by atoms with Crippen molar-refractivity contribution in [2.24, 2.45) is 5.14 Å². The average Bonchev–Trinajstić information content (AvgIpc) is 3.01. The van der Waals surface area contributed by atoms with E-state index in [4.69, 9.17) is 5.14 Å². The molecule has 0 fully saturated rings. The maximum atomic E-state index is 11.5. The van der Waals surface area contributed by atoms with Gasteiger partial charge in [-0.25, -0.2) is 18.1 Å². The number of nitrogens with zero attached hydrogens (tertiary/aromatic N) is 2. The number of fused-ring (bicyclic) bond motifs is 1. The normalized spacial score (nSPS) is 11.7. The molecule has 0 aliphatic heterocycles. The Balaban J connectivity index is 1.96. The van der Waals surface area contributed by atoms with Crippen LogP contribution in [0, 0.1) is 0 Å². The van der Waals surface area contributed by atoms with Crippen LogP contribution in [0.3, 0.4) is 0 Å². The quantitative estimate of drug-likeness (QED) is 0.583. The zero-order valence-corrected chi connectivity index (χ0v) is 14.4. The molecule has 4 rings (SSSR count). The standard InChI is InChI=1S/C19H15N3O3S/c20-26(24,25)16-10-6-13(7-11-16)18-17-3-1-2-12-22(17)21-19(18)14-4-8-15(23)9-5-14/h1-12,23H,(H2,20,24,25). The molecule has 0 aliphatic rings. The maximum absolute atomic E-state index is 11.5. The summed E-state index contributed by atoms with van der Waals surface area (Å²) in [6, 6.07) is 18.9. The van der Waals surface area contributed by atoms with Crippen LogP contribution in [0.15, 0.2) is 77.8 Å². The van der Waals surface area contributed by atoms with Crippen molar-refractivity contribution in [2.75, 3.05) is 0 Å². The number of aromatic hydroxyl groups is 1. The highest BCUT2D eigenvalue weighted by Crippen LogP contribution is 2.35. The minimum Gasteiger partial charge on any atom is -0.508 e. The molecule has 0 amide bonds. The van der Waals surface area contributed by atoms with E-state index < -0.39 is 10.0 Å². The van der Waals surface area contributed by atoms with E-state index in [9.17, 15) is 13.5 Å². The minimum atomic E-state index is -3.75. The molecular weight excluding hydrogens is 350 g/mol. The molecule has 0 bridgehead atoms. The number of sulfonamides is 1.